The fraction of sp³-hybridized carbons (Fsp3) is 0.900. The molecule has 0 aromatic rings. The molecule has 0 amide bonds. The summed E-state index contributed by atoms with van der Waals surface area (Å²) in [5, 5.41) is 30.8. The number of esters is 2. The van der Waals surface area contributed by atoms with E-state index in [0.717, 1.165) is 44.9 Å². The van der Waals surface area contributed by atoms with Gasteiger partial charge in [-0.2, -0.15) is 8.42 Å². The van der Waals surface area contributed by atoms with Crippen LogP contribution in [0.15, 0.2) is 12.2 Å². The Kier molecular flexibility index (Phi) is 29.4. The Morgan fingerprint density at radius 2 is 1.08 bits per heavy atom. The molecule has 53 heavy (non-hydrogen) atoms. The van der Waals surface area contributed by atoms with Crippen LogP contribution in [-0.4, -0.2) is 96.0 Å². The number of carbonyl (C=O) groups is 2. The molecule has 1 aliphatic rings. The number of carbonyl (C=O) groups excluding carboxylic acids is 2. The lowest BCUT2D eigenvalue weighted by molar-refractivity contribution is -0.297. The highest BCUT2D eigenvalue weighted by molar-refractivity contribution is 7.85. The normalized spacial score (nSPS) is 21.2. The van der Waals surface area contributed by atoms with Gasteiger partial charge in [-0.15, -0.1) is 0 Å². The van der Waals surface area contributed by atoms with Gasteiger partial charge < -0.3 is 34.3 Å². The zero-order valence-corrected chi connectivity index (χ0v) is 33.7. The first-order chi connectivity index (χ1) is 25.5. The Bertz CT molecular complexity index is 1050. The second kappa shape index (κ2) is 31.6. The molecule has 0 saturated carbocycles. The molecule has 0 bridgehead atoms. The molecule has 4 N–H and O–H groups in total. The molecule has 0 spiro atoms. The molecule has 1 heterocycles. The molecular weight excluding hydrogens is 704 g/mol. The minimum atomic E-state index is -4.60. The molecule has 0 aliphatic carbocycles. The number of hydrogen-bond acceptors (Lipinski definition) is 11. The summed E-state index contributed by atoms with van der Waals surface area (Å²) in [5.41, 5.74) is 0. The summed E-state index contributed by atoms with van der Waals surface area (Å²) in [5.74, 6) is -2.00. The van der Waals surface area contributed by atoms with Gasteiger partial charge in [0.2, 0.25) is 0 Å². The first-order valence-corrected chi connectivity index (χ1v) is 22.4. The zero-order valence-electron chi connectivity index (χ0n) is 32.9. The number of ether oxygens (including phenoxy) is 4. The first-order valence-electron chi connectivity index (χ1n) is 20.7. The Labute approximate surface area is 320 Å². The van der Waals surface area contributed by atoms with Crippen molar-refractivity contribution < 1.29 is 56.8 Å². The molecule has 13 heteroatoms. The fourth-order valence-corrected chi connectivity index (χ4v) is 7.01. The summed E-state index contributed by atoms with van der Waals surface area (Å²) in [6.45, 7) is 3.72. The van der Waals surface area contributed by atoms with E-state index < -0.39 is 71.2 Å². The summed E-state index contributed by atoms with van der Waals surface area (Å²) in [7, 11) is -4.60. The van der Waals surface area contributed by atoms with Gasteiger partial charge in [0.05, 0.1) is 6.61 Å². The van der Waals surface area contributed by atoms with Crippen molar-refractivity contribution in [2.24, 2.45) is 0 Å². The molecule has 2 unspecified atom stereocenters. The molecule has 0 radical (unpaired) electrons. The van der Waals surface area contributed by atoms with E-state index in [0.29, 0.717) is 12.8 Å². The van der Waals surface area contributed by atoms with E-state index in [9.17, 15) is 37.9 Å². The maximum absolute atomic E-state index is 12.7. The van der Waals surface area contributed by atoms with E-state index >= 15 is 0 Å². The van der Waals surface area contributed by atoms with E-state index in [2.05, 4.69) is 26.0 Å². The average molecular weight is 779 g/mol. The van der Waals surface area contributed by atoms with Crippen molar-refractivity contribution in [3.8, 4) is 0 Å². The summed E-state index contributed by atoms with van der Waals surface area (Å²) >= 11 is 0. The molecule has 6 atom stereocenters. The lowest BCUT2D eigenvalue weighted by atomic mass is 10.00. The quantitative estimate of drug-likeness (QED) is 0.0219. The van der Waals surface area contributed by atoms with Crippen molar-refractivity contribution >= 4 is 22.1 Å². The molecule has 12 nitrogen and oxygen atoms in total. The van der Waals surface area contributed by atoms with Gasteiger partial charge in [-0.1, -0.05) is 135 Å². The lowest BCUT2D eigenvalue weighted by Crippen LogP contribution is -2.60. The number of rotatable bonds is 34. The van der Waals surface area contributed by atoms with Gasteiger partial charge in [-0.3, -0.25) is 14.1 Å². The first kappa shape index (κ1) is 49.4. The monoisotopic (exact) mass is 778 g/mol. The average Bonchev–Trinajstić information content (AvgIpc) is 3.12. The van der Waals surface area contributed by atoms with Gasteiger partial charge in [-0.25, -0.2) is 0 Å². The number of aliphatic hydroxyl groups excluding tert-OH is 3. The number of hydrogen-bond donors (Lipinski definition) is 4. The van der Waals surface area contributed by atoms with Crippen molar-refractivity contribution in [2.45, 2.75) is 211 Å². The number of unbranched alkanes of at least 4 members (excludes halogenated alkanes) is 20. The van der Waals surface area contributed by atoms with E-state index in [-0.39, 0.29) is 19.4 Å². The second-order valence-electron chi connectivity index (χ2n) is 14.7. The largest absolute Gasteiger partial charge is 0.462 e. The van der Waals surface area contributed by atoms with Crippen LogP contribution >= 0.6 is 0 Å². The van der Waals surface area contributed by atoms with Gasteiger partial charge in [-0.05, 0) is 38.5 Å². The maximum Gasteiger partial charge on any atom is 0.306 e. The Hall–Kier alpha value is -1.61. The van der Waals surface area contributed by atoms with Crippen LogP contribution in [0.4, 0.5) is 0 Å². The van der Waals surface area contributed by atoms with E-state index in [1.165, 1.54) is 89.9 Å². The molecule has 1 aliphatic heterocycles. The summed E-state index contributed by atoms with van der Waals surface area (Å²) in [4.78, 5) is 25.3. The van der Waals surface area contributed by atoms with Crippen molar-refractivity contribution in [2.75, 3.05) is 19.0 Å². The summed E-state index contributed by atoms with van der Waals surface area (Å²) in [6.07, 6.45) is 21.2. The lowest BCUT2D eigenvalue weighted by Gasteiger charge is -2.40. The molecule has 1 saturated heterocycles. The standard InChI is InChI=1S/C40H74O12S/c1-3-5-7-9-11-13-15-17-19-21-23-25-27-29-36(42)51-33(31-50-40-39(45)38(44)37(43)34(52-40)32-53(46,47)48)30-49-35(41)28-26-24-22-20-18-16-14-12-10-8-6-4-2/h17,19,33-34,37-40,43-45H,3-16,18,20-32H2,1-2H3,(H,46,47,48)/b19-17+/t33-,34-,37-,38?,39?,40+/m1/s1. The van der Waals surface area contributed by atoms with Crippen molar-refractivity contribution in [1.29, 1.82) is 0 Å². The van der Waals surface area contributed by atoms with Gasteiger partial charge in [0.15, 0.2) is 12.4 Å². The number of aliphatic hydroxyl groups is 3. The third-order valence-electron chi connectivity index (χ3n) is 9.60. The SMILES string of the molecule is CCCCCCCC/C=C/CCCCCC(=O)O[C@H](COC(=O)CCCCCCCCCCCCCC)CO[C@H]1O[C@H](CS(=O)(=O)O)[C@@H](O)C(O)C1O. The summed E-state index contributed by atoms with van der Waals surface area (Å²) < 4.78 is 53.9. The highest BCUT2D eigenvalue weighted by Crippen LogP contribution is 2.24. The third kappa shape index (κ3) is 26.8. The van der Waals surface area contributed by atoms with Crippen LogP contribution in [0.1, 0.15) is 174 Å². The van der Waals surface area contributed by atoms with Gasteiger partial charge >= 0.3 is 11.9 Å². The predicted octanol–water partition coefficient (Wildman–Crippen LogP) is 7.50. The van der Waals surface area contributed by atoms with E-state index in [1.807, 2.05) is 0 Å². The van der Waals surface area contributed by atoms with Crippen LogP contribution in [0.3, 0.4) is 0 Å². The minimum Gasteiger partial charge on any atom is -0.462 e. The van der Waals surface area contributed by atoms with Crippen LogP contribution in [0, 0.1) is 0 Å². The Balaban J connectivity index is 2.51. The molecule has 0 aromatic carbocycles. The topological polar surface area (TPSA) is 186 Å². The Morgan fingerprint density at radius 3 is 1.58 bits per heavy atom. The summed E-state index contributed by atoms with van der Waals surface area (Å²) in [6, 6.07) is 0. The van der Waals surface area contributed by atoms with Crippen LogP contribution in [0.25, 0.3) is 0 Å². The fourth-order valence-electron chi connectivity index (χ4n) is 6.32. The Morgan fingerprint density at radius 1 is 0.623 bits per heavy atom. The van der Waals surface area contributed by atoms with E-state index in [1.54, 1.807) is 0 Å². The molecule has 312 valence electrons. The van der Waals surface area contributed by atoms with Crippen LogP contribution < -0.4 is 0 Å². The van der Waals surface area contributed by atoms with Gasteiger partial charge in [0.25, 0.3) is 10.1 Å². The molecule has 1 fully saturated rings. The van der Waals surface area contributed by atoms with E-state index in [4.69, 9.17) is 18.9 Å². The van der Waals surface area contributed by atoms with Crippen LogP contribution in [0.2, 0.25) is 0 Å². The van der Waals surface area contributed by atoms with Crippen molar-refractivity contribution in [1.82, 2.24) is 0 Å². The van der Waals surface area contributed by atoms with Crippen molar-refractivity contribution in [3.05, 3.63) is 12.2 Å². The third-order valence-corrected chi connectivity index (χ3v) is 10.3. The number of allylic oxidation sites excluding steroid dienone is 2. The zero-order chi connectivity index (χ0) is 39.2. The van der Waals surface area contributed by atoms with Gasteiger partial charge in [0.1, 0.15) is 36.8 Å². The second-order valence-corrected chi connectivity index (χ2v) is 16.2. The highest BCUT2D eigenvalue weighted by Gasteiger charge is 2.46. The van der Waals surface area contributed by atoms with Gasteiger partial charge in [0, 0.05) is 12.8 Å². The molecule has 0 aromatic heterocycles. The van der Waals surface area contributed by atoms with Crippen LogP contribution in [0.5, 0.6) is 0 Å². The smallest absolute Gasteiger partial charge is 0.306 e. The minimum absolute atomic E-state index is 0.147. The molecule has 1 rings (SSSR count). The highest BCUT2D eigenvalue weighted by atomic mass is 32.2. The predicted molar refractivity (Wildman–Crippen MR) is 206 cm³/mol. The molecular formula is C40H74O12S. The van der Waals surface area contributed by atoms with Crippen LogP contribution in [-0.2, 0) is 38.7 Å². The maximum atomic E-state index is 12.7. The van der Waals surface area contributed by atoms with Crippen molar-refractivity contribution in [3.63, 3.8) is 0 Å².